The Morgan fingerprint density at radius 3 is 2.75 bits per heavy atom. The summed E-state index contributed by atoms with van der Waals surface area (Å²) in [6.45, 7) is 1.11. The van der Waals surface area contributed by atoms with Gasteiger partial charge in [0.15, 0.2) is 0 Å². The van der Waals surface area contributed by atoms with Crippen molar-refractivity contribution < 1.29 is 9.53 Å². The number of nitrogens with one attached hydrogen (secondary N) is 2. The summed E-state index contributed by atoms with van der Waals surface area (Å²) in [7, 11) is 1.52. The molecule has 0 radical (unpaired) electrons. The van der Waals surface area contributed by atoms with Crippen molar-refractivity contribution in [3.8, 4) is 0 Å². The first kappa shape index (κ1) is 14.9. The lowest BCUT2D eigenvalue weighted by atomic mass is 9.89. The van der Waals surface area contributed by atoms with Gasteiger partial charge < -0.3 is 15.4 Å². The van der Waals surface area contributed by atoms with Crippen LogP contribution in [0.3, 0.4) is 0 Å². The summed E-state index contributed by atoms with van der Waals surface area (Å²) >= 11 is 0. The highest BCUT2D eigenvalue weighted by atomic mass is 16.5. The maximum absolute atomic E-state index is 11.5. The predicted molar refractivity (Wildman–Crippen MR) is 82.0 cm³/mol. The highest BCUT2D eigenvalue weighted by Gasteiger charge is 2.12. The standard InChI is InChI=1S/C16H24N2O2/c1-20-12-16(19)18-15-9-5-8-14(10-15)17-11-13-6-3-2-4-7-13/h5,8-10,13,17H,2-4,6-7,11-12H2,1H3,(H,18,19). The molecule has 0 bridgehead atoms. The molecule has 1 amide bonds. The van der Waals surface area contributed by atoms with E-state index in [2.05, 4.69) is 10.6 Å². The van der Waals surface area contributed by atoms with Gasteiger partial charge >= 0.3 is 0 Å². The average molecular weight is 276 g/mol. The van der Waals surface area contributed by atoms with E-state index >= 15 is 0 Å². The van der Waals surface area contributed by atoms with Crippen molar-refractivity contribution in [2.75, 3.05) is 30.9 Å². The van der Waals surface area contributed by atoms with Gasteiger partial charge in [-0.05, 0) is 37.0 Å². The molecule has 2 rings (SSSR count). The van der Waals surface area contributed by atoms with Gasteiger partial charge in [-0.1, -0.05) is 25.3 Å². The van der Waals surface area contributed by atoms with Crippen LogP contribution in [0.5, 0.6) is 0 Å². The van der Waals surface area contributed by atoms with Gasteiger partial charge in [0.05, 0.1) is 0 Å². The molecule has 1 aromatic rings. The Kier molecular flexibility index (Phi) is 5.87. The minimum atomic E-state index is -0.128. The van der Waals surface area contributed by atoms with E-state index in [-0.39, 0.29) is 12.5 Å². The monoisotopic (exact) mass is 276 g/mol. The third-order valence-corrected chi connectivity index (χ3v) is 3.74. The topological polar surface area (TPSA) is 50.4 Å². The molecule has 4 nitrogen and oxygen atoms in total. The van der Waals surface area contributed by atoms with E-state index in [1.54, 1.807) is 0 Å². The minimum Gasteiger partial charge on any atom is -0.385 e. The van der Waals surface area contributed by atoms with E-state index in [0.717, 1.165) is 23.8 Å². The summed E-state index contributed by atoms with van der Waals surface area (Å²) in [5.74, 6) is 0.660. The van der Waals surface area contributed by atoms with E-state index in [9.17, 15) is 4.79 Å². The first-order chi connectivity index (χ1) is 9.78. The van der Waals surface area contributed by atoms with Crippen LogP contribution in [0.15, 0.2) is 24.3 Å². The largest absolute Gasteiger partial charge is 0.385 e. The number of rotatable bonds is 6. The molecule has 0 unspecified atom stereocenters. The van der Waals surface area contributed by atoms with E-state index in [0.29, 0.717) is 0 Å². The molecule has 1 fully saturated rings. The summed E-state index contributed by atoms with van der Waals surface area (Å²) in [5.41, 5.74) is 1.87. The fourth-order valence-electron chi connectivity index (χ4n) is 2.69. The summed E-state index contributed by atoms with van der Waals surface area (Å²) in [6, 6.07) is 7.84. The average Bonchev–Trinajstić information content (AvgIpc) is 2.47. The lowest BCUT2D eigenvalue weighted by molar-refractivity contribution is -0.119. The van der Waals surface area contributed by atoms with E-state index in [1.165, 1.54) is 39.2 Å². The molecule has 4 heteroatoms. The van der Waals surface area contributed by atoms with Crippen molar-refractivity contribution in [2.24, 2.45) is 5.92 Å². The molecule has 1 aliphatic carbocycles. The lowest BCUT2D eigenvalue weighted by Gasteiger charge is -2.22. The summed E-state index contributed by atoms with van der Waals surface area (Å²) in [6.07, 6.45) is 6.77. The molecular weight excluding hydrogens is 252 g/mol. The van der Waals surface area contributed by atoms with Gasteiger partial charge in [-0.3, -0.25) is 4.79 Å². The molecule has 0 heterocycles. The maximum atomic E-state index is 11.5. The Bertz CT molecular complexity index is 428. The molecule has 1 aliphatic rings. The van der Waals surface area contributed by atoms with E-state index < -0.39 is 0 Å². The second-order valence-corrected chi connectivity index (χ2v) is 5.45. The first-order valence-electron chi connectivity index (χ1n) is 7.40. The van der Waals surface area contributed by atoms with Gasteiger partial charge in [0.25, 0.3) is 0 Å². The van der Waals surface area contributed by atoms with E-state index in [4.69, 9.17) is 4.74 Å². The van der Waals surface area contributed by atoms with Crippen LogP contribution in [0.4, 0.5) is 11.4 Å². The van der Waals surface area contributed by atoms with Gasteiger partial charge in [0, 0.05) is 25.0 Å². The number of carbonyl (C=O) groups is 1. The number of ether oxygens (including phenoxy) is 1. The number of hydrogen-bond acceptors (Lipinski definition) is 3. The Morgan fingerprint density at radius 1 is 1.25 bits per heavy atom. The van der Waals surface area contributed by atoms with Gasteiger partial charge in [-0.25, -0.2) is 0 Å². The van der Waals surface area contributed by atoms with Crippen LogP contribution in [0.2, 0.25) is 0 Å². The Morgan fingerprint density at radius 2 is 2.00 bits per heavy atom. The fourth-order valence-corrected chi connectivity index (χ4v) is 2.69. The minimum absolute atomic E-state index is 0.0831. The highest BCUT2D eigenvalue weighted by Crippen LogP contribution is 2.24. The third-order valence-electron chi connectivity index (χ3n) is 3.74. The molecule has 0 aliphatic heterocycles. The predicted octanol–water partition coefficient (Wildman–Crippen LogP) is 3.26. The summed E-state index contributed by atoms with van der Waals surface area (Å²) in [5, 5.41) is 6.29. The molecule has 0 saturated heterocycles. The van der Waals surface area contributed by atoms with Gasteiger partial charge in [-0.15, -0.1) is 0 Å². The molecular formula is C16H24N2O2. The highest BCUT2D eigenvalue weighted by molar-refractivity contribution is 5.92. The molecule has 1 aromatic carbocycles. The molecule has 0 aromatic heterocycles. The number of benzene rings is 1. The Labute approximate surface area is 120 Å². The zero-order valence-corrected chi connectivity index (χ0v) is 12.2. The third kappa shape index (κ3) is 4.85. The van der Waals surface area contributed by atoms with Crippen molar-refractivity contribution >= 4 is 17.3 Å². The van der Waals surface area contributed by atoms with Crippen LogP contribution in [-0.2, 0) is 9.53 Å². The molecule has 20 heavy (non-hydrogen) atoms. The second kappa shape index (κ2) is 7.90. The molecule has 1 saturated carbocycles. The Balaban J connectivity index is 1.83. The van der Waals surface area contributed by atoms with Crippen LogP contribution in [-0.4, -0.2) is 26.2 Å². The number of methoxy groups -OCH3 is 1. The van der Waals surface area contributed by atoms with Crippen molar-refractivity contribution in [1.29, 1.82) is 0 Å². The van der Waals surface area contributed by atoms with Gasteiger partial charge in [0.1, 0.15) is 6.61 Å². The molecule has 0 spiro atoms. The van der Waals surface area contributed by atoms with Gasteiger partial charge in [-0.2, -0.15) is 0 Å². The molecule has 2 N–H and O–H groups in total. The zero-order valence-electron chi connectivity index (χ0n) is 12.2. The van der Waals surface area contributed by atoms with Crippen molar-refractivity contribution in [1.82, 2.24) is 0 Å². The smallest absolute Gasteiger partial charge is 0.250 e. The number of carbonyl (C=O) groups excluding carboxylic acids is 1. The van der Waals surface area contributed by atoms with Crippen molar-refractivity contribution in [2.45, 2.75) is 32.1 Å². The quantitative estimate of drug-likeness (QED) is 0.838. The van der Waals surface area contributed by atoms with E-state index in [1.807, 2.05) is 24.3 Å². The summed E-state index contributed by atoms with van der Waals surface area (Å²) < 4.78 is 4.81. The maximum Gasteiger partial charge on any atom is 0.250 e. The number of hydrogen-bond donors (Lipinski definition) is 2. The van der Waals surface area contributed by atoms with Crippen LogP contribution in [0, 0.1) is 5.92 Å². The lowest BCUT2D eigenvalue weighted by Crippen LogP contribution is -2.18. The SMILES string of the molecule is COCC(=O)Nc1cccc(NCC2CCCCC2)c1. The van der Waals surface area contributed by atoms with Crippen LogP contribution in [0.1, 0.15) is 32.1 Å². The van der Waals surface area contributed by atoms with Crippen LogP contribution in [0.25, 0.3) is 0 Å². The number of amides is 1. The van der Waals surface area contributed by atoms with Crippen molar-refractivity contribution in [3.63, 3.8) is 0 Å². The van der Waals surface area contributed by atoms with Crippen LogP contribution >= 0.6 is 0 Å². The Hall–Kier alpha value is -1.55. The van der Waals surface area contributed by atoms with Crippen LogP contribution < -0.4 is 10.6 Å². The van der Waals surface area contributed by atoms with Crippen molar-refractivity contribution in [3.05, 3.63) is 24.3 Å². The second-order valence-electron chi connectivity index (χ2n) is 5.45. The van der Waals surface area contributed by atoms with Gasteiger partial charge in [0.2, 0.25) is 5.91 Å². The number of anilines is 2. The first-order valence-corrected chi connectivity index (χ1v) is 7.40. The molecule has 0 atom stereocenters. The normalized spacial score (nSPS) is 15.8. The fraction of sp³-hybridized carbons (Fsp3) is 0.562. The molecule has 110 valence electrons. The summed E-state index contributed by atoms with van der Waals surface area (Å²) in [4.78, 5) is 11.5. The zero-order chi connectivity index (χ0) is 14.2.